The number of hydrogen-bond acceptors (Lipinski definition) is 5. The van der Waals surface area contributed by atoms with Crippen LogP contribution in [0.25, 0.3) is 10.9 Å². The second-order valence-electron chi connectivity index (χ2n) is 7.15. The molecule has 0 saturated heterocycles. The predicted octanol–water partition coefficient (Wildman–Crippen LogP) is 4.12. The quantitative estimate of drug-likeness (QED) is 0.415. The van der Waals surface area contributed by atoms with Crippen LogP contribution < -0.4 is 16.0 Å². The van der Waals surface area contributed by atoms with Gasteiger partial charge in [-0.05, 0) is 48.2 Å². The normalized spacial score (nSPS) is 12.7. The van der Waals surface area contributed by atoms with E-state index >= 15 is 0 Å². The number of aryl methyl sites for hydroxylation is 1. The van der Waals surface area contributed by atoms with Gasteiger partial charge in [0, 0.05) is 47.0 Å². The monoisotopic (exact) mass is 384 g/mol. The number of aromatic amines is 1. The molecule has 1 aliphatic heterocycles. The van der Waals surface area contributed by atoms with Crippen molar-refractivity contribution in [1.82, 2.24) is 15.0 Å². The molecule has 7 nitrogen and oxygen atoms in total. The van der Waals surface area contributed by atoms with Crippen LogP contribution in [0.1, 0.15) is 16.8 Å². The largest absolute Gasteiger partial charge is 0.366 e. The van der Waals surface area contributed by atoms with Crippen molar-refractivity contribution in [3.8, 4) is 0 Å². The lowest BCUT2D eigenvalue weighted by molar-refractivity contribution is -0.115. The lowest BCUT2D eigenvalue weighted by Crippen LogP contribution is -2.06. The van der Waals surface area contributed by atoms with E-state index in [0.29, 0.717) is 18.9 Å². The number of aromatic nitrogens is 3. The third kappa shape index (κ3) is 3.50. The van der Waals surface area contributed by atoms with E-state index in [0.717, 1.165) is 34.0 Å². The number of carbonyl (C=O) groups excluding carboxylic acids is 1. The SMILES string of the molecule is Cc1cc(NCc2ccc3[nH]ccc3c2)nc(Nc2cccc3c2CC(=O)N3)n1. The Labute approximate surface area is 167 Å². The Morgan fingerprint density at radius 3 is 2.97 bits per heavy atom. The van der Waals surface area contributed by atoms with E-state index in [1.54, 1.807) is 0 Å². The van der Waals surface area contributed by atoms with Gasteiger partial charge in [0.05, 0.1) is 6.42 Å². The first-order chi connectivity index (χ1) is 14.1. The van der Waals surface area contributed by atoms with E-state index in [1.165, 1.54) is 10.9 Å². The first kappa shape index (κ1) is 17.2. The summed E-state index contributed by atoms with van der Waals surface area (Å²) in [6, 6.07) is 16.0. The molecule has 0 radical (unpaired) electrons. The third-order valence-electron chi connectivity index (χ3n) is 4.98. The Balaban J connectivity index is 1.35. The molecule has 4 aromatic rings. The van der Waals surface area contributed by atoms with E-state index in [-0.39, 0.29) is 5.91 Å². The Kier molecular flexibility index (Phi) is 4.13. The molecule has 7 heteroatoms. The molecule has 0 spiro atoms. The number of nitrogens with one attached hydrogen (secondary N) is 4. The van der Waals surface area contributed by atoms with Gasteiger partial charge in [0.25, 0.3) is 0 Å². The molecule has 144 valence electrons. The van der Waals surface area contributed by atoms with Crippen LogP contribution in [-0.4, -0.2) is 20.9 Å². The van der Waals surface area contributed by atoms with Crippen LogP contribution >= 0.6 is 0 Å². The molecule has 5 rings (SSSR count). The molecule has 29 heavy (non-hydrogen) atoms. The summed E-state index contributed by atoms with van der Waals surface area (Å²) in [4.78, 5) is 24.0. The number of carbonyl (C=O) groups is 1. The van der Waals surface area contributed by atoms with E-state index in [1.807, 2.05) is 37.4 Å². The molecule has 0 atom stereocenters. The van der Waals surface area contributed by atoms with Crippen molar-refractivity contribution in [2.24, 2.45) is 0 Å². The molecule has 2 aromatic carbocycles. The Hall–Kier alpha value is -3.87. The minimum absolute atomic E-state index is 0.00107. The summed E-state index contributed by atoms with van der Waals surface area (Å²) >= 11 is 0. The van der Waals surface area contributed by atoms with Crippen LogP contribution in [0.5, 0.6) is 0 Å². The Morgan fingerprint density at radius 1 is 1.10 bits per heavy atom. The molecule has 0 aliphatic carbocycles. The maximum absolute atomic E-state index is 11.7. The van der Waals surface area contributed by atoms with Gasteiger partial charge < -0.3 is 20.9 Å². The zero-order valence-corrected chi connectivity index (χ0v) is 15.9. The molecule has 3 heterocycles. The molecule has 4 N–H and O–H groups in total. The summed E-state index contributed by atoms with van der Waals surface area (Å²) in [5.41, 5.74) is 5.78. The van der Waals surface area contributed by atoms with Crippen LogP contribution in [-0.2, 0) is 17.8 Å². The lowest BCUT2D eigenvalue weighted by atomic mass is 10.1. The van der Waals surface area contributed by atoms with Crippen molar-refractivity contribution in [1.29, 1.82) is 0 Å². The third-order valence-corrected chi connectivity index (χ3v) is 4.98. The number of nitrogens with zero attached hydrogens (tertiary/aromatic N) is 2. The molecule has 0 saturated carbocycles. The maximum atomic E-state index is 11.7. The minimum Gasteiger partial charge on any atom is -0.366 e. The van der Waals surface area contributed by atoms with Crippen molar-refractivity contribution < 1.29 is 4.79 Å². The Morgan fingerprint density at radius 2 is 2.03 bits per heavy atom. The zero-order chi connectivity index (χ0) is 19.8. The van der Waals surface area contributed by atoms with E-state index in [4.69, 9.17) is 0 Å². The molecular weight excluding hydrogens is 364 g/mol. The molecular formula is C22H20N6O. The van der Waals surface area contributed by atoms with Gasteiger partial charge >= 0.3 is 0 Å². The van der Waals surface area contributed by atoms with Gasteiger partial charge in [-0.25, -0.2) is 4.98 Å². The standard InChI is InChI=1S/C22H20N6O/c1-13-9-20(24-12-14-5-6-17-15(10-14)7-8-23-17)28-22(25-13)27-19-4-2-3-18-16(19)11-21(29)26-18/h2-10,23H,11-12H2,1H3,(H,26,29)(H2,24,25,27,28). The summed E-state index contributed by atoms with van der Waals surface area (Å²) in [5, 5.41) is 10.7. The fraction of sp³-hybridized carbons (Fsp3) is 0.136. The smallest absolute Gasteiger partial charge is 0.229 e. The predicted molar refractivity (Wildman–Crippen MR) is 114 cm³/mol. The molecule has 0 fully saturated rings. The Bertz CT molecular complexity index is 1230. The van der Waals surface area contributed by atoms with Gasteiger partial charge in [-0.2, -0.15) is 4.98 Å². The van der Waals surface area contributed by atoms with Crippen molar-refractivity contribution in [3.63, 3.8) is 0 Å². The minimum atomic E-state index is 0.00107. The van der Waals surface area contributed by atoms with Crippen LogP contribution in [0.4, 0.5) is 23.1 Å². The van der Waals surface area contributed by atoms with Crippen LogP contribution in [0.2, 0.25) is 0 Å². The first-order valence-corrected chi connectivity index (χ1v) is 9.48. The van der Waals surface area contributed by atoms with E-state index in [9.17, 15) is 4.79 Å². The maximum Gasteiger partial charge on any atom is 0.229 e. The fourth-order valence-electron chi connectivity index (χ4n) is 3.61. The van der Waals surface area contributed by atoms with Crippen molar-refractivity contribution in [2.75, 3.05) is 16.0 Å². The van der Waals surface area contributed by atoms with Gasteiger partial charge in [0.1, 0.15) is 5.82 Å². The van der Waals surface area contributed by atoms with E-state index < -0.39 is 0 Å². The van der Waals surface area contributed by atoms with Crippen LogP contribution in [0, 0.1) is 6.92 Å². The first-order valence-electron chi connectivity index (χ1n) is 9.48. The van der Waals surface area contributed by atoms with Gasteiger partial charge in [-0.3, -0.25) is 4.79 Å². The average molecular weight is 384 g/mol. The van der Waals surface area contributed by atoms with Gasteiger partial charge in [-0.1, -0.05) is 12.1 Å². The van der Waals surface area contributed by atoms with Crippen molar-refractivity contribution in [2.45, 2.75) is 19.9 Å². The number of anilines is 4. The summed E-state index contributed by atoms with van der Waals surface area (Å²) in [7, 11) is 0. The van der Waals surface area contributed by atoms with Gasteiger partial charge in [0.2, 0.25) is 11.9 Å². The number of fused-ring (bicyclic) bond motifs is 2. The average Bonchev–Trinajstić information content (AvgIpc) is 3.31. The zero-order valence-electron chi connectivity index (χ0n) is 15.9. The second kappa shape index (κ2) is 6.94. The highest BCUT2D eigenvalue weighted by atomic mass is 16.1. The molecule has 2 aromatic heterocycles. The van der Waals surface area contributed by atoms with E-state index in [2.05, 4.69) is 55.2 Å². The number of rotatable bonds is 5. The lowest BCUT2D eigenvalue weighted by Gasteiger charge is -2.12. The number of benzene rings is 2. The highest BCUT2D eigenvalue weighted by molar-refractivity contribution is 6.01. The number of hydrogen-bond donors (Lipinski definition) is 4. The molecule has 0 bridgehead atoms. The van der Waals surface area contributed by atoms with Crippen molar-refractivity contribution >= 4 is 40.0 Å². The summed E-state index contributed by atoms with van der Waals surface area (Å²) in [6.07, 6.45) is 2.30. The highest BCUT2D eigenvalue weighted by Gasteiger charge is 2.20. The summed E-state index contributed by atoms with van der Waals surface area (Å²) < 4.78 is 0. The second-order valence-corrected chi connectivity index (χ2v) is 7.15. The fourth-order valence-corrected chi connectivity index (χ4v) is 3.61. The highest BCUT2D eigenvalue weighted by Crippen LogP contribution is 2.31. The van der Waals surface area contributed by atoms with Gasteiger partial charge in [0.15, 0.2) is 0 Å². The van der Waals surface area contributed by atoms with Crippen LogP contribution in [0.3, 0.4) is 0 Å². The molecule has 1 amide bonds. The van der Waals surface area contributed by atoms with Gasteiger partial charge in [-0.15, -0.1) is 0 Å². The van der Waals surface area contributed by atoms with Crippen molar-refractivity contribution in [3.05, 3.63) is 71.5 Å². The number of H-pyrrole nitrogens is 1. The molecule has 0 unspecified atom stereocenters. The number of amides is 1. The summed E-state index contributed by atoms with van der Waals surface area (Å²) in [5.74, 6) is 1.25. The topological polar surface area (TPSA) is 94.7 Å². The summed E-state index contributed by atoms with van der Waals surface area (Å²) in [6.45, 7) is 2.60. The van der Waals surface area contributed by atoms with Crippen LogP contribution in [0.15, 0.2) is 54.7 Å². The molecule has 1 aliphatic rings.